The van der Waals surface area contributed by atoms with Crippen molar-refractivity contribution in [1.82, 2.24) is 0 Å². The molecule has 2 aromatic carbocycles. The number of hydrogen-bond donors (Lipinski definition) is 1. The highest BCUT2D eigenvalue weighted by Crippen LogP contribution is 2.22. The van der Waals surface area contributed by atoms with Gasteiger partial charge in [-0.05, 0) is 29.8 Å². The van der Waals surface area contributed by atoms with Gasteiger partial charge in [0.1, 0.15) is 5.82 Å². The van der Waals surface area contributed by atoms with Gasteiger partial charge in [0, 0.05) is 23.8 Å². The van der Waals surface area contributed by atoms with Crippen LogP contribution in [0.15, 0.2) is 48.5 Å². The molecular weight excluding hydrogens is 293 g/mol. The molecule has 0 fully saturated rings. The van der Waals surface area contributed by atoms with Gasteiger partial charge in [-0.15, -0.1) is 0 Å². The van der Waals surface area contributed by atoms with E-state index in [-0.39, 0.29) is 18.8 Å². The smallest absolute Gasteiger partial charge is 0.305 e. The molecule has 0 aliphatic rings. The van der Waals surface area contributed by atoms with E-state index in [1.807, 2.05) is 18.2 Å². The molecule has 0 aromatic heterocycles. The Balaban J connectivity index is 2.23. The minimum absolute atomic E-state index is 0.0268. The lowest BCUT2D eigenvalue weighted by molar-refractivity contribution is -0.136. The highest BCUT2D eigenvalue weighted by Gasteiger charge is 2.12. The van der Waals surface area contributed by atoms with Gasteiger partial charge >= 0.3 is 5.97 Å². The largest absolute Gasteiger partial charge is 0.481 e. The molecule has 110 valence electrons. The van der Waals surface area contributed by atoms with E-state index in [0.29, 0.717) is 17.3 Å². The molecule has 0 atom stereocenters. The van der Waals surface area contributed by atoms with E-state index >= 15 is 0 Å². The van der Waals surface area contributed by atoms with Crippen LogP contribution in [0.3, 0.4) is 0 Å². The molecule has 0 saturated heterocycles. The number of carbonyl (C=O) groups is 1. The Hall–Kier alpha value is -2.07. The fourth-order valence-electron chi connectivity index (χ4n) is 2.04. The van der Waals surface area contributed by atoms with Crippen molar-refractivity contribution in [2.75, 3.05) is 11.4 Å². The second kappa shape index (κ2) is 7.09. The third-order valence-electron chi connectivity index (χ3n) is 3.09. The molecule has 0 aliphatic carbocycles. The van der Waals surface area contributed by atoms with Crippen molar-refractivity contribution in [3.63, 3.8) is 0 Å². The predicted octanol–water partition coefficient (Wildman–Crippen LogP) is 3.96. The maximum atomic E-state index is 13.4. The van der Waals surface area contributed by atoms with E-state index in [2.05, 4.69) is 0 Å². The average molecular weight is 308 g/mol. The summed E-state index contributed by atoms with van der Waals surface area (Å²) in [5.41, 5.74) is 1.50. The van der Waals surface area contributed by atoms with Crippen LogP contribution in [0.5, 0.6) is 0 Å². The first-order valence-electron chi connectivity index (χ1n) is 6.52. The number of carboxylic acids is 1. The van der Waals surface area contributed by atoms with Crippen LogP contribution in [0, 0.1) is 5.82 Å². The van der Waals surface area contributed by atoms with Crippen molar-refractivity contribution in [3.8, 4) is 0 Å². The number of carboxylic acid groups (broad SMARTS) is 1. The maximum Gasteiger partial charge on any atom is 0.305 e. The second-order valence-electron chi connectivity index (χ2n) is 4.64. The number of aliphatic carboxylic acids is 1. The molecule has 0 aliphatic heterocycles. The van der Waals surface area contributed by atoms with Gasteiger partial charge < -0.3 is 10.0 Å². The Morgan fingerprint density at radius 2 is 1.95 bits per heavy atom. The minimum atomic E-state index is -0.893. The number of rotatable bonds is 6. The van der Waals surface area contributed by atoms with Gasteiger partial charge in [0.2, 0.25) is 0 Å². The van der Waals surface area contributed by atoms with Crippen LogP contribution in [0.25, 0.3) is 0 Å². The van der Waals surface area contributed by atoms with Crippen LogP contribution in [0.2, 0.25) is 5.02 Å². The van der Waals surface area contributed by atoms with Crippen LogP contribution in [-0.2, 0) is 11.3 Å². The normalized spacial score (nSPS) is 10.4. The molecule has 0 amide bonds. The summed E-state index contributed by atoms with van der Waals surface area (Å²) in [6.07, 6.45) is -0.0268. The molecule has 0 saturated carbocycles. The Labute approximate surface area is 127 Å². The molecule has 1 N–H and O–H groups in total. The zero-order chi connectivity index (χ0) is 15.2. The molecule has 2 aromatic rings. The highest BCUT2D eigenvalue weighted by atomic mass is 35.5. The first-order valence-corrected chi connectivity index (χ1v) is 6.90. The summed E-state index contributed by atoms with van der Waals surface area (Å²) < 4.78 is 13.4. The number of halogens is 2. The molecule has 0 bridgehead atoms. The van der Waals surface area contributed by atoms with Crippen molar-refractivity contribution >= 4 is 23.3 Å². The third kappa shape index (κ3) is 4.46. The molecule has 0 heterocycles. The summed E-state index contributed by atoms with van der Waals surface area (Å²) in [5, 5.41) is 9.46. The molecule has 0 radical (unpaired) electrons. The van der Waals surface area contributed by atoms with Gasteiger partial charge in [-0.2, -0.15) is 0 Å². The fourth-order valence-corrected chi connectivity index (χ4v) is 2.23. The number of hydrogen-bond acceptors (Lipinski definition) is 2. The van der Waals surface area contributed by atoms with Crippen molar-refractivity contribution < 1.29 is 14.3 Å². The van der Waals surface area contributed by atoms with Crippen molar-refractivity contribution in [2.45, 2.75) is 13.0 Å². The number of anilines is 1. The Kier molecular flexibility index (Phi) is 5.17. The van der Waals surface area contributed by atoms with Crippen LogP contribution in [0.1, 0.15) is 12.0 Å². The molecule has 5 heteroatoms. The van der Waals surface area contributed by atoms with Crippen LogP contribution in [-0.4, -0.2) is 17.6 Å². The van der Waals surface area contributed by atoms with E-state index in [0.717, 1.165) is 5.56 Å². The lowest BCUT2D eigenvalue weighted by Crippen LogP contribution is -2.25. The first kappa shape index (κ1) is 15.3. The molecule has 0 unspecified atom stereocenters. The topological polar surface area (TPSA) is 40.5 Å². The number of nitrogens with zero attached hydrogens (tertiary/aromatic N) is 1. The Morgan fingerprint density at radius 3 is 2.62 bits per heavy atom. The van der Waals surface area contributed by atoms with E-state index in [4.69, 9.17) is 16.7 Å². The Bertz CT molecular complexity index is 633. The van der Waals surface area contributed by atoms with Gasteiger partial charge in [-0.3, -0.25) is 4.79 Å². The minimum Gasteiger partial charge on any atom is -0.481 e. The molecule has 21 heavy (non-hydrogen) atoms. The maximum absolute atomic E-state index is 13.4. The average Bonchev–Trinajstić information content (AvgIpc) is 2.45. The zero-order valence-corrected chi connectivity index (χ0v) is 12.1. The quantitative estimate of drug-likeness (QED) is 0.878. The summed E-state index contributed by atoms with van der Waals surface area (Å²) in [6, 6.07) is 13.4. The van der Waals surface area contributed by atoms with Crippen molar-refractivity contribution in [3.05, 3.63) is 64.9 Å². The van der Waals surface area contributed by atoms with Crippen LogP contribution < -0.4 is 4.90 Å². The van der Waals surface area contributed by atoms with Gasteiger partial charge in [-0.1, -0.05) is 35.9 Å². The van der Waals surface area contributed by atoms with Crippen molar-refractivity contribution in [1.29, 1.82) is 0 Å². The van der Waals surface area contributed by atoms with Crippen LogP contribution in [0.4, 0.5) is 10.1 Å². The second-order valence-corrected chi connectivity index (χ2v) is 5.04. The summed E-state index contributed by atoms with van der Waals surface area (Å²) in [5.74, 6) is -1.25. The first-order chi connectivity index (χ1) is 10.1. The fraction of sp³-hybridized carbons (Fsp3) is 0.188. The van der Waals surface area contributed by atoms with Gasteiger partial charge in [0.25, 0.3) is 0 Å². The third-order valence-corrected chi connectivity index (χ3v) is 3.46. The lowest BCUT2D eigenvalue weighted by Gasteiger charge is -2.25. The molecular formula is C16H15ClFNO2. The summed E-state index contributed by atoms with van der Waals surface area (Å²) in [7, 11) is 0. The standard InChI is InChI=1S/C16H15ClFNO2/c17-15-7-2-1-4-12(15)11-19(9-8-16(20)21)14-6-3-5-13(18)10-14/h1-7,10H,8-9,11H2,(H,20,21). The molecule has 0 spiro atoms. The zero-order valence-electron chi connectivity index (χ0n) is 11.3. The summed E-state index contributed by atoms with van der Waals surface area (Å²) in [4.78, 5) is 12.6. The summed E-state index contributed by atoms with van der Waals surface area (Å²) in [6.45, 7) is 0.709. The van der Waals surface area contributed by atoms with Gasteiger partial charge in [0.15, 0.2) is 0 Å². The van der Waals surface area contributed by atoms with Gasteiger partial charge in [0.05, 0.1) is 6.42 Å². The summed E-state index contributed by atoms with van der Waals surface area (Å²) >= 11 is 6.13. The van der Waals surface area contributed by atoms with Crippen molar-refractivity contribution in [2.24, 2.45) is 0 Å². The van der Waals surface area contributed by atoms with E-state index < -0.39 is 5.97 Å². The predicted molar refractivity (Wildman–Crippen MR) is 81.2 cm³/mol. The van der Waals surface area contributed by atoms with E-state index in [1.54, 1.807) is 23.1 Å². The van der Waals surface area contributed by atoms with E-state index in [1.165, 1.54) is 12.1 Å². The highest BCUT2D eigenvalue weighted by molar-refractivity contribution is 6.31. The monoisotopic (exact) mass is 307 g/mol. The van der Waals surface area contributed by atoms with Crippen LogP contribution >= 0.6 is 11.6 Å². The van der Waals surface area contributed by atoms with E-state index in [9.17, 15) is 9.18 Å². The molecule has 3 nitrogen and oxygen atoms in total. The Morgan fingerprint density at radius 1 is 1.19 bits per heavy atom. The lowest BCUT2D eigenvalue weighted by atomic mass is 10.2. The SMILES string of the molecule is O=C(O)CCN(Cc1ccccc1Cl)c1cccc(F)c1. The van der Waals surface area contributed by atoms with Gasteiger partial charge in [-0.25, -0.2) is 4.39 Å². The molecule has 2 rings (SSSR count). The number of benzene rings is 2.